The minimum atomic E-state index is -3.74. The van der Waals surface area contributed by atoms with Gasteiger partial charge >= 0.3 is 0 Å². The Morgan fingerprint density at radius 2 is 1.61 bits per heavy atom. The second-order valence-electron chi connectivity index (χ2n) is 6.46. The molecule has 0 saturated carbocycles. The Kier molecular flexibility index (Phi) is 5.02. The Morgan fingerprint density at radius 3 is 2.32 bits per heavy atom. The van der Waals surface area contributed by atoms with Crippen molar-refractivity contribution in [3.63, 3.8) is 0 Å². The molecule has 0 amide bonds. The average Bonchev–Trinajstić information content (AvgIpc) is 2.72. The van der Waals surface area contributed by atoms with Crippen molar-refractivity contribution in [2.75, 3.05) is 6.26 Å². The van der Waals surface area contributed by atoms with Gasteiger partial charge in [0.15, 0.2) is 0 Å². The fraction of sp³-hybridized carbons (Fsp3) is 0.0909. The van der Waals surface area contributed by atoms with Crippen LogP contribution in [0.2, 0.25) is 0 Å². The Morgan fingerprint density at radius 1 is 0.929 bits per heavy atom. The van der Waals surface area contributed by atoms with Gasteiger partial charge in [0.05, 0.1) is 4.90 Å². The van der Waals surface area contributed by atoms with Crippen LogP contribution in [0.3, 0.4) is 0 Å². The van der Waals surface area contributed by atoms with Crippen LogP contribution in [0.1, 0.15) is 16.7 Å². The predicted molar refractivity (Wildman–Crippen MR) is 114 cm³/mol. The van der Waals surface area contributed by atoms with Crippen molar-refractivity contribution in [3.8, 4) is 5.75 Å². The fourth-order valence-corrected chi connectivity index (χ4v) is 4.47. The van der Waals surface area contributed by atoms with Crippen LogP contribution in [0, 0.1) is 0 Å². The number of benzene rings is 3. The van der Waals surface area contributed by atoms with Gasteiger partial charge in [-0.1, -0.05) is 36.4 Å². The maximum atomic E-state index is 11.6. The number of rotatable bonds is 4. The zero-order chi connectivity index (χ0) is 19.7. The minimum absolute atomic E-state index is 0.0825. The summed E-state index contributed by atoms with van der Waals surface area (Å²) in [5.74, 6) is 1.56. The summed E-state index contributed by atoms with van der Waals surface area (Å²) in [4.78, 5) is 1.25. The first-order valence-electron chi connectivity index (χ1n) is 8.73. The maximum absolute atomic E-state index is 11.6. The van der Waals surface area contributed by atoms with Crippen molar-refractivity contribution in [1.29, 1.82) is 0 Å². The quantitative estimate of drug-likeness (QED) is 0.642. The van der Waals surface area contributed by atoms with Crippen LogP contribution in [0.15, 0.2) is 82.6 Å². The van der Waals surface area contributed by atoms with E-state index in [2.05, 4.69) is 24.5 Å². The second kappa shape index (κ2) is 7.47. The normalized spacial score (nSPS) is 13.8. The van der Waals surface area contributed by atoms with Crippen LogP contribution < -0.4 is 9.88 Å². The van der Waals surface area contributed by atoms with Crippen LogP contribution in [-0.2, 0) is 16.4 Å². The lowest BCUT2D eigenvalue weighted by Gasteiger charge is -2.25. The number of nitrogens with two attached hydrogens (primary N) is 1. The maximum Gasteiger partial charge on any atom is 0.238 e. The average molecular weight is 410 g/mol. The predicted octanol–water partition coefficient (Wildman–Crippen LogP) is 4.56. The zero-order valence-corrected chi connectivity index (χ0v) is 16.9. The summed E-state index contributed by atoms with van der Waals surface area (Å²) in [6.07, 6.45) is 2.79. The summed E-state index contributed by atoms with van der Waals surface area (Å²) in [6.45, 7) is 0. The Labute approximate surface area is 169 Å². The Bertz CT molecular complexity index is 1170. The first-order chi connectivity index (χ1) is 13.5. The molecule has 0 saturated heterocycles. The van der Waals surface area contributed by atoms with Crippen molar-refractivity contribution in [1.82, 2.24) is 0 Å². The van der Waals surface area contributed by atoms with E-state index in [-0.39, 0.29) is 4.90 Å². The zero-order valence-electron chi connectivity index (χ0n) is 15.3. The number of para-hydroxylation sites is 1. The van der Waals surface area contributed by atoms with E-state index >= 15 is 0 Å². The highest BCUT2D eigenvalue weighted by Crippen LogP contribution is 2.41. The van der Waals surface area contributed by atoms with E-state index in [1.807, 2.05) is 30.3 Å². The molecule has 0 bridgehead atoms. The third-order valence-corrected chi connectivity index (χ3v) is 6.43. The minimum Gasteiger partial charge on any atom is -0.456 e. The largest absolute Gasteiger partial charge is 0.456 e. The molecule has 1 aliphatic rings. The van der Waals surface area contributed by atoms with E-state index in [1.54, 1.807) is 23.9 Å². The first kappa shape index (κ1) is 18.8. The molecule has 0 fully saturated rings. The van der Waals surface area contributed by atoms with E-state index in [0.29, 0.717) is 0 Å². The van der Waals surface area contributed by atoms with E-state index in [0.717, 1.165) is 40.2 Å². The lowest BCUT2D eigenvalue weighted by molar-refractivity contribution is 0.502. The molecule has 6 heteroatoms. The number of fused-ring (bicyclic) bond motifs is 1. The number of ether oxygens (including phenoxy) is 1. The van der Waals surface area contributed by atoms with E-state index in [9.17, 15) is 8.42 Å². The van der Waals surface area contributed by atoms with Gasteiger partial charge in [-0.15, -0.1) is 11.8 Å². The Hall–Kier alpha value is -2.54. The highest BCUT2D eigenvalue weighted by molar-refractivity contribution is 7.98. The van der Waals surface area contributed by atoms with Gasteiger partial charge in [-0.3, -0.25) is 0 Å². The van der Waals surface area contributed by atoms with Crippen LogP contribution in [0.4, 0.5) is 0 Å². The molecule has 28 heavy (non-hydrogen) atoms. The first-order valence-corrected chi connectivity index (χ1v) is 11.5. The number of allylic oxidation sites excluding steroid dienone is 1. The molecule has 0 radical (unpaired) electrons. The van der Waals surface area contributed by atoms with Crippen molar-refractivity contribution >= 4 is 33.1 Å². The number of primary sulfonamides is 1. The molecule has 0 spiro atoms. The molecule has 0 atom stereocenters. The molecule has 3 aromatic rings. The van der Waals surface area contributed by atoms with E-state index in [1.165, 1.54) is 17.0 Å². The smallest absolute Gasteiger partial charge is 0.238 e. The van der Waals surface area contributed by atoms with E-state index < -0.39 is 10.0 Å². The molecule has 1 heterocycles. The standard InChI is InChI=1S/C22H19NO3S2/c1-27-21-9-5-3-7-18(21)19-14-16-6-2-4-8-20(16)26-22(19)15-10-12-17(13-11-15)28(23,24)25/h2-13H,14H2,1H3,(H2,23,24,25). The molecule has 142 valence electrons. The summed E-state index contributed by atoms with van der Waals surface area (Å²) >= 11 is 1.69. The Balaban J connectivity index is 1.89. The summed E-state index contributed by atoms with van der Waals surface area (Å²) in [5.41, 5.74) is 4.13. The number of hydrogen-bond donors (Lipinski definition) is 1. The summed E-state index contributed by atoms with van der Waals surface area (Å²) < 4.78 is 29.5. The number of thioether (sulfide) groups is 1. The van der Waals surface area contributed by atoms with Gasteiger partial charge in [-0.05, 0) is 53.8 Å². The van der Waals surface area contributed by atoms with Crippen molar-refractivity contribution in [3.05, 3.63) is 89.5 Å². The van der Waals surface area contributed by atoms with Gasteiger partial charge in [0.1, 0.15) is 11.5 Å². The van der Waals surface area contributed by atoms with Gasteiger partial charge < -0.3 is 4.74 Å². The second-order valence-corrected chi connectivity index (χ2v) is 8.87. The van der Waals surface area contributed by atoms with Crippen molar-refractivity contribution in [2.24, 2.45) is 5.14 Å². The number of hydrogen-bond acceptors (Lipinski definition) is 4. The molecule has 0 aromatic heterocycles. The SMILES string of the molecule is CSc1ccccc1C1=C(c2ccc(S(N)(=O)=O)cc2)Oc2ccccc2C1. The monoisotopic (exact) mass is 409 g/mol. The summed E-state index contributed by atoms with van der Waals surface area (Å²) in [5, 5.41) is 5.23. The van der Waals surface area contributed by atoms with Crippen molar-refractivity contribution in [2.45, 2.75) is 16.2 Å². The van der Waals surface area contributed by atoms with Gasteiger partial charge in [-0.2, -0.15) is 0 Å². The van der Waals surface area contributed by atoms with Crippen LogP contribution in [0.25, 0.3) is 11.3 Å². The third kappa shape index (κ3) is 3.58. The molecule has 0 unspecified atom stereocenters. The van der Waals surface area contributed by atoms with Gasteiger partial charge in [-0.25, -0.2) is 13.6 Å². The van der Waals surface area contributed by atoms with Crippen molar-refractivity contribution < 1.29 is 13.2 Å². The molecule has 3 aromatic carbocycles. The third-order valence-electron chi connectivity index (χ3n) is 4.70. The van der Waals surface area contributed by atoms with Crippen LogP contribution in [0.5, 0.6) is 5.75 Å². The highest BCUT2D eigenvalue weighted by atomic mass is 32.2. The van der Waals surface area contributed by atoms with Gasteiger partial charge in [0, 0.05) is 22.5 Å². The summed E-state index contributed by atoms with van der Waals surface area (Å²) in [6, 6.07) is 22.7. The van der Waals surface area contributed by atoms with Gasteiger partial charge in [0.2, 0.25) is 10.0 Å². The molecule has 4 nitrogen and oxygen atoms in total. The molecule has 2 N–H and O–H groups in total. The van der Waals surface area contributed by atoms with Gasteiger partial charge in [0.25, 0.3) is 0 Å². The molecule has 0 aliphatic carbocycles. The lowest BCUT2D eigenvalue weighted by Crippen LogP contribution is -2.13. The van der Waals surface area contributed by atoms with Crippen LogP contribution in [-0.4, -0.2) is 14.7 Å². The van der Waals surface area contributed by atoms with Crippen LogP contribution >= 0.6 is 11.8 Å². The molecular weight excluding hydrogens is 390 g/mol. The molecule has 4 rings (SSSR count). The lowest BCUT2D eigenvalue weighted by atomic mass is 9.92. The highest BCUT2D eigenvalue weighted by Gasteiger charge is 2.24. The summed E-state index contributed by atoms with van der Waals surface area (Å²) in [7, 11) is -3.74. The number of sulfonamides is 1. The topological polar surface area (TPSA) is 69.4 Å². The van der Waals surface area contributed by atoms with E-state index in [4.69, 9.17) is 9.88 Å². The molecule has 1 aliphatic heterocycles. The fourth-order valence-electron chi connectivity index (χ4n) is 3.33. The molecular formula is C22H19NO3S2.